The van der Waals surface area contributed by atoms with Crippen LogP contribution in [0.4, 0.5) is 0 Å². The quantitative estimate of drug-likeness (QED) is 0.818. The lowest BCUT2D eigenvalue weighted by Gasteiger charge is -2.41. The fraction of sp³-hybridized carbons (Fsp3) is 0.556. The van der Waals surface area contributed by atoms with Gasteiger partial charge in [0.15, 0.2) is 6.29 Å². The Morgan fingerprint density at radius 3 is 2.48 bits per heavy atom. The van der Waals surface area contributed by atoms with Crippen LogP contribution in [0.25, 0.3) is 0 Å². The van der Waals surface area contributed by atoms with Gasteiger partial charge in [-0.1, -0.05) is 50.3 Å². The molecule has 1 aromatic rings. The molecule has 1 aromatic carbocycles. The standard InChI is InChI=1S/C13H16O4.C3H6O.C2H6/c14-10-6-7-15-11-8-16-13(17-12(10)11)9-4-2-1-3-5-9;1-2-3-4;1-2/h1-5,10-14H,6-8H2;2,4H,1,3H2;1-2H3/t10-,11-,12-,13?;;/m1../s1. The maximum absolute atomic E-state index is 9.91. The van der Waals surface area contributed by atoms with Gasteiger partial charge in [-0.2, -0.15) is 0 Å². The minimum Gasteiger partial charge on any atom is -0.392 e. The van der Waals surface area contributed by atoms with Gasteiger partial charge in [0.25, 0.3) is 0 Å². The van der Waals surface area contributed by atoms with E-state index in [1.807, 2.05) is 44.2 Å². The monoisotopic (exact) mass is 324 g/mol. The number of ether oxygens (including phenoxy) is 3. The molecule has 5 heteroatoms. The van der Waals surface area contributed by atoms with Gasteiger partial charge in [0.05, 0.1) is 19.3 Å². The fourth-order valence-electron chi connectivity index (χ4n) is 2.32. The minimum atomic E-state index is -0.455. The van der Waals surface area contributed by atoms with Crippen molar-refractivity contribution >= 4 is 0 Å². The zero-order chi connectivity index (χ0) is 17.1. The van der Waals surface area contributed by atoms with Gasteiger partial charge >= 0.3 is 0 Å². The van der Waals surface area contributed by atoms with Crippen molar-refractivity contribution in [3.05, 3.63) is 48.6 Å². The molecule has 1 unspecified atom stereocenters. The first-order valence-corrected chi connectivity index (χ1v) is 8.09. The molecule has 23 heavy (non-hydrogen) atoms. The van der Waals surface area contributed by atoms with E-state index in [1.165, 1.54) is 6.08 Å². The molecule has 0 saturated carbocycles. The van der Waals surface area contributed by atoms with E-state index in [2.05, 4.69) is 6.58 Å². The summed E-state index contributed by atoms with van der Waals surface area (Å²) in [6.07, 6.45) is 0.793. The minimum absolute atomic E-state index is 0.0833. The molecule has 0 amide bonds. The fourth-order valence-corrected chi connectivity index (χ4v) is 2.32. The lowest BCUT2D eigenvalue weighted by Crippen LogP contribution is -2.52. The predicted molar refractivity (Wildman–Crippen MR) is 89.0 cm³/mol. The molecular weight excluding hydrogens is 296 g/mol. The third-order valence-electron chi connectivity index (χ3n) is 3.38. The van der Waals surface area contributed by atoms with Crippen LogP contribution in [0, 0.1) is 0 Å². The molecule has 0 aliphatic carbocycles. The summed E-state index contributed by atoms with van der Waals surface area (Å²) in [4.78, 5) is 0. The highest BCUT2D eigenvalue weighted by molar-refractivity contribution is 5.16. The zero-order valence-electron chi connectivity index (χ0n) is 13.9. The van der Waals surface area contributed by atoms with E-state index in [9.17, 15) is 5.11 Å². The predicted octanol–water partition coefficient (Wildman–Crippen LogP) is 2.44. The summed E-state index contributed by atoms with van der Waals surface area (Å²) in [5, 5.41) is 17.7. The molecule has 0 spiro atoms. The van der Waals surface area contributed by atoms with Crippen LogP contribution in [0.1, 0.15) is 32.1 Å². The third kappa shape index (κ3) is 6.05. The Kier molecular flexibility index (Phi) is 9.75. The Labute approximate surface area is 138 Å². The second-order valence-electron chi connectivity index (χ2n) is 4.91. The molecule has 2 aliphatic heterocycles. The smallest absolute Gasteiger partial charge is 0.184 e. The largest absolute Gasteiger partial charge is 0.392 e. The Hall–Kier alpha value is -1.24. The van der Waals surface area contributed by atoms with Gasteiger partial charge in [-0.3, -0.25) is 0 Å². The van der Waals surface area contributed by atoms with Crippen LogP contribution in [0.15, 0.2) is 43.0 Å². The average molecular weight is 324 g/mol. The van der Waals surface area contributed by atoms with Crippen LogP contribution in [0.2, 0.25) is 0 Å². The van der Waals surface area contributed by atoms with Crippen molar-refractivity contribution in [2.75, 3.05) is 19.8 Å². The van der Waals surface area contributed by atoms with Crippen LogP contribution in [0.5, 0.6) is 0 Å². The maximum atomic E-state index is 9.91. The third-order valence-corrected chi connectivity index (χ3v) is 3.38. The normalized spacial score (nSPS) is 29.0. The number of hydrogen-bond acceptors (Lipinski definition) is 5. The lowest BCUT2D eigenvalue weighted by atomic mass is 10.0. The molecule has 2 aliphatic rings. The topological polar surface area (TPSA) is 68.2 Å². The summed E-state index contributed by atoms with van der Waals surface area (Å²) in [6.45, 7) is 8.36. The van der Waals surface area contributed by atoms with Crippen molar-refractivity contribution < 1.29 is 24.4 Å². The van der Waals surface area contributed by atoms with Crippen molar-refractivity contribution in [2.45, 2.75) is 44.9 Å². The van der Waals surface area contributed by atoms with Gasteiger partial charge < -0.3 is 24.4 Å². The molecule has 0 aromatic heterocycles. The van der Waals surface area contributed by atoms with Crippen LogP contribution in [-0.4, -0.2) is 48.3 Å². The van der Waals surface area contributed by atoms with Crippen molar-refractivity contribution in [2.24, 2.45) is 0 Å². The molecule has 2 fully saturated rings. The first kappa shape index (κ1) is 19.8. The van der Waals surface area contributed by atoms with Crippen LogP contribution in [0.3, 0.4) is 0 Å². The Balaban J connectivity index is 0.000000388. The molecule has 130 valence electrons. The van der Waals surface area contributed by atoms with E-state index >= 15 is 0 Å². The summed E-state index contributed by atoms with van der Waals surface area (Å²) in [7, 11) is 0. The van der Waals surface area contributed by atoms with Crippen molar-refractivity contribution in [1.29, 1.82) is 0 Å². The van der Waals surface area contributed by atoms with E-state index in [4.69, 9.17) is 19.3 Å². The van der Waals surface area contributed by atoms with E-state index in [0.29, 0.717) is 19.6 Å². The Bertz CT molecular complexity index is 423. The summed E-state index contributed by atoms with van der Waals surface area (Å²) < 4.78 is 16.9. The first-order valence-electron chi connectivity index (χ1n) is 8.09. The number of benzene rings is 1. The summed E-state index contributed by atoms with van der Waals surface area (Å²) in [6, 6.07) is 9.76. The van der Waals surface area contributed by atoms with Gasteiger partial charge in [0.2, 0.25) is 0 Å². The molecule has 3 rings (SSSR count). The van der Waals surface area contributed by atoms with Crippen molar-refractivity contribution in [3.8, 4) is 0 Å². The molecule has 2 N–H and O–H groups in total. The van der Waals surface area contributed by atoms with Crippen LogP contribution < -0.4 is 0 Å². The molecule has 5 nitrogen and oxygen atoms in total. The van der Waals surface area contributed by atoms with E-state index < -0.39 is 12.4 Å². The summed E-state index contributed by atoms with van der Waals surface area (Å²) in [5.74, 6) is 0. The molecule has 4 atom stereocenters. The highest BCUT2D eigenvalue weighted by Crippen LogP contribution is 2.31. The molecule has 2 heterocycles. The zero-order valence-corrected chi connectivity index (χ0v) is 13.9. The maximum Gasteiger partial charge on any atom is 0.184 e. The van der Waals surface area contributed by atoms with Crippen LogP contribution >= 0.6 is 0 Å². The lowest BCUT2D eigenvalue weighted by molar-refractivity contribution is -0.298. The highest BCUT2D eigenvalue weighted by Gasteiger charge is 2.40. The van der Waals surface area contributed by atoms with Gasteiger partial charge in [0, 0.05) is 12.2 Å². The summed E-state index contributed by atoms with van der Waals surface area (Å²) >= 11 is 0. The second-order valence-corrected chi connectivity index (χ2v) is 4.91. The average Bonchev–Trinajstić information content (AvgIpc) is 2.64. The number of aliphatic hydroxyl groups is 2. The summed E-state index contributed by atoms with van der Waals surface area (Å²) in [5.41, 5.74) is 0.976. The van der Waals surface area contributed by atoms with E-state index in [0.717, 1.165) is 5.56 Å². The van der Waals surface area contributed by atoms with Gasteiger partial charge in [0.1, 0.15) is 12.2 Å². The van der Waals surface area contributed by atoms with E-state index in [-0.39, 0.29) is 18.8 Å². The second kappa shape index (κ2) is 11.3. The van der Waals surface area contributed by atoms with Crippen molar-refractivity contribution in [1.82, 2.24) is 0 Å². The molecular formula is C18H28O5. The van der Waals surface area contributed by atoms with E-state index in [1.54, 1.807) is 0 Å². The van der Waals surface area contributed by atoms with Crippen molar-refractivity contribution in [3.63, 3.8) is 0 Å². The van der Waals surface area contributed by atoms with Gasteiger partial charge in [-0.15, -0.1) is 6.58 Å². The Morgan fingerprint density at radius 2 is 1.87 bits per heavy atom. The molecule has 0 bridgehead atoms. The highest BCUT2D eigenvalue weighted by atomic mass is 16.7. The van der Waals surface area contributed by atoms with Crippen LogP contribution in [-0.2, 0) is 14.2 Å². The SMILES string of the molecule is C=CCO.CC.O[C@@H]1CCO[C@@H]2COC(c3ccccc3)O[C@H]12. The number of hydrogen-bond donors (Lipinski definition) is 2. The number of rotatable bonds is 2. The first-order chi connectivity index (χ1) is 11.3. The number of aliphatic hydroxyl groups excluding tert-OH is 2. The Morgan fingerprint density at radius 1 is 1.22 bits per heavy atom. The van der Waals surface area contributed by atoms with Gasteiger partial charge in [-0.25, -0.2) is 0 Å². The number of fused-ring (bicyclic) bond motifs is 1. The van der Waals surface area contributed by atoms with Gasteiger partial charge in [-0.05, 0) is 6.42 Å². The molecule has 0 radical (unpaired) electrons. The molecule has 2 saturated heterocycles.